The second-order valence-corrected chi connectivity index (χ2v) is 7.17. The van der Waals surface area contributed by atoms with Crippen molar-refractivity contribution in [3.05, 3.63) is 77.0 Å². The van der Waals surface area contributed by atoms with E-state index in [4.69, 9.17) is 33.0 Å². The van der Waals surface area contributed by atoms with E-state index in [-0.39, 0.29) is 10.7 Å². The minimum Gasteiger partial charge on any atom is -0.495 e. The molecule has 3 aromatic rings. The lowest BCUT2D eigenvalue weighted by atomic mass is 10.1. The zero-order valence-corrected chi connectivity index (χ0v) is 17.3. The Labute approximate surface area is 182 Å². The summed E-state index contributed by atoms with van der Waals surface area (Å²) in [6.45, 7) is 0. The summed E-state index contributed by atoms with van der Waals surface area (Å²) in [6.07, 6.45) is 1.38. The Kier molecular flexibility index (Phi) is 5.39. The maximum absolute atomic E-state index is 13.1. The molecular weight excluding hydrogens is 424 g/mol. The fourth-order valence-corrected chi connectivity index (χ4v) is 3.52. The smallest absolute Gasteiger partial charge is 0.270 e. The highest BCUT2D eigenvalue weighted by molar-refractivity contribution is 7.80. The first-order valence-corrected chi connectivity index (χ1v) is 9.67. The van der Waals surface area contributed by atoms with E-state index in [2.05, 4.69) is 5.32 Å². The Balaban J connectivity index is 1.70. The number of halogens is 1. The van der Waals surface area contributed by atoms with Crippen LogP contribution < -0.4 is 15.0 Å². The number of hydrogen-bond acceptors (Lipinski definition) is 5. The summed E-state index contributed by atoms with van der Waals surface area (Å²) in [5, 5.41) is 3.09. The number of benzene rings is 2. The van der Waals surface area contributed by atoms with Crippen LogP contribution >= 0.6 is 23.8 Å². The van der Waals surface area contributed by atoms with Crippen molar-refractivity contribution in [3.8, 4) is 17.1 Å². The van der Waals surface area contributed by atoms with E-state index >= 15 is 0 Å². The van der Waals surface area contributed by atoms with E-state index in [0.717, 1.165) is 5.56 Å². The van der Waals surface area contributed by atoms with Crippen LogP contribution in [0.15, 0.2) is 70.7 Å². The van der Waals surface area contributed by atoms with Crippen molar-refractivity contribution in [3.63, 3.8) is 0 Å². The topological polar surface area (TPSA) is 71.8 Å². The van der Waals surface area contributed by atoms with E-state index in [0.29, 0.717) is 28.0 Å². The molecule has 0 atom stereocenters. The summed E-state index contributed by atoms with van der Waals surface area (Å²) in [5.74, 6) is 0.178. The van der Waals surface area contributed by atoms with Gasteiger partial charge >= 0.3 is 0 Å². The molecule has 2 aromatic carbocycles. The largest absolute Gasteiger partial charge is 0.495 e. The summed E-state index contributed by atoms with van der Waals surface area (Å²) < 4.78 is 11.1. The van der Waals surface area contributed by atoms with Crippen molar-refractivity contribution >= 4 is 52.5 Å². The van der Waals surface area contributed by atoms with Crippen LogP contribution in [0.4, 0.5) is 5.69 Å². The second-order valence-electron chi connectivity index (χ2n) is 6.34. The van der Waals surface area contributed by atoms with Crippen LogP contribution in [0.2, 0.25) is 5.02 Å². The van der Waals surface area contributed by atoms with Gasteiger partial charge in [-0.2, -0.15) is 0 Å². The van der Waals surface area contributed by atoms with E-state index in [1.807, 2.05) is 12.1 Å². The van der Waals surface area contributed by atoms with Gasteiger partial charge in [-0.3, -0.25) is 14.9 Å². The normalized spacial score (nSPS) is 15.5. The number of methoxy groups -OCH3 is 1. The molecule has 1 aromatic heterocycles. The Bertz CT molecular complexity index is 1200. The van der Waals surface area contributed by atoms with Gasteiger partial charge in [-0.25, -0.2) is 4.90 Å². The third kappa shape index (κ3) is 3.72. The number of para-hydroxylation sites is 2. The van der Waals surface area contributed by atoms with Crippen LogP contribution in [-0.4, -0.2) is 24.0 Å². The minimum absolute atomic E-state index is 0.0225. The number of nitrogens with zero attached hydrogens (tertiary/aromatic N) is 1. The molecule has 4 rings (SSSR count). The zero-order chi connectivity index (χ0) is 21.3. The van der Waals surface area contributed by atoms with E-state index in [1.165, 1.54) is 18.1 Å². The number of nitrogens with one attached hydrogen (secondary N) is 1. The summed E-state index contributed by atoms with van der Waals surface area (Å²) in [7, 11) is 1.49. The summed E-state index contributed by atoms with van der Waals surface area (Å²) in [5.41, 5.74) is 1.10. The van der Waals surface area contributed by atoms with E-state index < -0.39 is 11.8 Å². The number of hydrogen-bond donors (Lipinski definition) is 1. The molecule has 0 spiro atoms. The Morgan fingerprint density at radius 1 is 1.10 bits per heavy atom. The van der Waals surface area contributed by atoms with Crippen LogP contribution in [0.1, 0.15) is 5.76 Å². The summed E-state index contributed by atoms with van der Waals surface area (Å²) >= 11 is 11.3. The van der Waals surface area contributed by atoms with Gasteiger partial charge in [0.05, 0.1) is 12.8 Å². The third-order valence-corrected chi connectivity index (χ3v) is 4.97. The number of ether oxygens (including phenoxy) is 1. The number of furan rings is 1. The van der Waals surface area contributed by atoms with Crippen LogP contribution in [-0.2, 0) is 9.59 Å². The highest BCUT2D eigenvalue weighted by Crippen LogP contribution is 2.31. The first kappa shape index (κ1) is 19.9. The zero-order valence-electron chi connectivity index (χ0n) is 15.7. The number of thiocarbonyl (C=S) groups is 1. The van der Waals surface area contributed by atoms with Crippen LogP contribution in [0.25, 0.3) is 17.4 Å². The fraction of sp³-hybridized carbons (Fsp3) is 0.0455. The number of rotatable bonds is 4. The summed E-state index contributed by atoms with van der Waals surface area (Å²) in [6, 6.07) is 17.5. The quantitative estimate of drug-likeness (QED) is 0.370. The molecule has 1 fully saturated rings. The van der Waals surface area contributed by atoms with Gasteiger partial charge in [0.2, 0.25) is 0 Å². The molecular formula is C22H15ClN2O4S. The van der Waals surface area contributed by atoms with Crippen LogP contribution in [0.5, 0.6) is 5.75 Å². The number of carbonyl (C=O) groups excluding carboxylic acids is 2. The molecule has 1 aliphatic heterocycles. The van der Waals surface area contributed by atoms with Crippen LogP contribution in [0, 0.1) is 0 Å². The minimum atomic E-state index is -0.600. The van der Waals surface area contributed by atoms with Crippen molar-refractivity contribution in [1.82, 2.24) is 5.32 Å². The third-order valence-electron chi connectivity index (χ3n) is 4.45. The lowest BCUT2D eigenvalue weighted by Gasteiger charge is -2.29. The van der Waals surface area contributed by atoms with Gasteiger partial charge < -0.3 is 9.15 Å². The second kappa shape index (κ2) is 8.14. The highest BCUT2D eigenvalue weighted by Gasteiger charge is 2.36. The van der Waals surface area contributed by atoms with Gasteiger partial charge in [0, 0.05) is 10.6 Å². The monoisotopic (exact) mass is 438 g/mol. The highest BCUT2D eigenvalue weighted by atomic mass is 35.5. The molecule has 1 N–H and O–H groups in total. The first-order valence-electron chi connectivity index (χ1n) is 8.88. The van der Waals surface area contributed by atoms with E-state index in [1.54, 1.807) is 48.5 Å². The molecule has 0 saturated carbocycles. The molecule has 2 amide bonds. The number of carbonyl (C=O) groups is 2. The molecule has 30 heavy (non-hydrogen) atoms. The predicted octanol–water partition coefficient (Wildman–Crippen LogP) is 4.44. The Morgan fingerprint density at radius 3 is 2.67 bits per heavy atom. The average molecular weight is 439 g/mol. The van der Waals surface area contributed by atoms with Gasteiger partial charge in [-0.15, -0.1) is 0 Å². The number of amides is 2. The maximum atomic E-state index is 13.1. The fourth-order valence-electron chi connectivity index (χ4n) is 3.06. The van der Waals surface area contributed by atoms with Gasteiger partial charge in [0.1, 0.15) is 22.8 Å². The van der Waals surface area contributed by atoms with Crippen molar-refractivity contribution in [2.24, 2.45) is 0 Å². The van der Waals surface area contributed by atoms with Crippen molar-refractivity contribution in [1.29, 1.82) is 0 Å². The lowest BCUT2D eigenvalue weighted by molar-refractivity contribution is -0.122. The van der Waals surface area contributed by atoms with Gasteiger partial charge in [0.15, 0.2) is 5.11 Å². The molecule has 1 aliphatic rings. The molecule has 0 aliphatic carbocycles. The van der Waals surface area contributed by atoms with Gasteiger partial charge in [-0.05, 0) is 54.7 Å². The molecule has 8 heteroatoms. The van der Waals surface area contributed by atoms with Crippen LogP contribution in [0.3, 0.4) is 0 Å². The van der Waals surface area contributed by atoms with Crippen molar-refractivity contribution < 1.29 is 18.7 Å². The average Bonchev–Trinajstić information content (AvgIpc) is 3.20. The van der Waals surface area contributed by atoms with Crippen molar-refractivity contribution in [2.45, 2.75) is 0 Å². The van der Waals surface area contributed by atoms with E-state index in [9.17, 15) is 9.59 Å². The molecule has 0 unspecified atom stereocenters. The van der Waals surface area contributed by atoms with Gasteiger partial charge in [0.25, 0.3) is 11.8 Å². The molecule has 2 heterocycles. The van der Waals surface area contributed by atoms with Crippen molar-refractivity contribution in [2.75, 3.05) is 12.0 Å². The Morgan fingerprint density at radius 2 is 1.90 bits per heavy atom. The predicted molar refractivity (Wildman–Crippen MR) is 118 cm³/mol. The SMILES string of the molecule is COc1ccccc1N1C(=O)/C(=C/c2ccc(-c3cccc(Cl)c3)o2)C(=O)NC1=S. The standard InChI is InChI=1S/C22H15ClN2O4S/c1-28-19-8-3-2-7-17(19)25-21(27)16(20(26)24-22(25)30)12-15-9-10-18(29-15)13-5-4-6-14(23)11-13/h2-12H,1H3,(H,24,26,30)/b16-12+. The molecule has 0 radical (unpaired) electrons. The molecule has 1 saturated heterocycles. The maximum Gasteiger partial charge on any atom is 0.270 e. The summed E-state index contributed by atoms with van der Waals surface area (Å²) in [4.78, 5) is 26.8. The lowest BCUT2D eigenvalue weighted by Crippen LogP contribution is -2.54. The molecule has 0 bridgehead atoms. The first-order chi connectivity index (χ1) is 14.5. The molecule has 150 valence electrons. The molecule has 6 nitrogen and oxygen atoms in total. The number of anilines is 1. The van der Waals surface area contributed by atoms with Gasteiger partial charge in [-0.1, -0.05) is 35.9 Å². The Hall–Kier alpha value is -3.42.